The molecular formula is C15H27N3O. The summed E-state index contributed by atoms with van der Waals surface area (Å²) in [5, 5.41) is 3.57. The first-order valence-electron chi connectivity index (χ1n) is 7.48. The number of aromatic nitrogens is 1. The number of likely N-dealkylation sites (tertiary alicyclic amines) is 1. The third-order valence-corrected chi connectivity index (χ3v) is 4.34. The predicted molar refractivity (Wildman–Crippen MR) is 77.1 cm³/mol. The fourth-order valence-electron chi connectivity index (χ4n) is 2.82. The Hall–Kier alpha value is -0.870. The van der Waals surface area contributed by atoms with Gasteiger partial charge in [0.15, 0.2) is 0 Å². The van der Waals surface area contributed by atoms with Crippen LogP contribution in [0.1, 0.15) is 44.0 Å². The van der Waals surface area contributed by atoms with Gasteiger partial charge in [-0.25, -0.2) is 4.98 Å². The summed E-state index contributed by atoms with van der Waals surface area (Å²) in [7, 11) is 0. The number of nitrogens with zero attached hydrogens (tertiary/aromatic N) is 2. The topological polar surface area (TPSA) is 41.3 Å². The van der Waals surface area contributed by atoms with Crippen molar-refractivity contribution in [1.29, 1.82) is 0 Å². The van der Waals surface area contributed by atoms with E-state index in [4.69, 9.17) is 4.42 Å². The van der Waals surface area contributed by atoms with Crippen LogP contribution in [-0.4, -0.2) is 35.6 Å². The zero-order chi connectivity index (χ0) is 13.8. The summed E-state index contributed by atoms with van der Waals surface area (Å²) in [6, 6.07) is 0.516. The molecule has 0 aliphatic carbocycles. The molecule has 0 spiro atoms. The van der Waals surface area contributed by atoms with E-state index in [1.807, 2.05) is 13.8 Å². The van der Waals surface area contributed by atoms with Crippen molar-refractivity contribution in [1.82, 2.24) is 15.2 Å². The number of nitrogens with one attached hydrogen (secondary N) is 1. The van der Waals surface area contributed by atoms with Crippen molar-refractivity contribution in [3.63, 3.8) is 0 Å². The van der Waals surface area contributed by atoms with Crippen LogP contribution in [0.2, 0.25) is 0 Å². The lowest BCUT2D eigenvalue weighted by molar-refractivity contribution is 0.155. The van der Waals surface area contributed by atoms with Crippen LogP contribution in [0.3, 0.4) is 0 Å². The second-order valence-electron chi connectivity index (χ2n) is 5.71. The SMILES string of the molecule is CCN1CCCC(C(C)NCc2nc(C)c(C)o2)C1. The van der Waals surface area contributed by atoms with Gasteiger partial charge >= 0.3 is 0 Å². The Morgan fingerprint density at radius 1 is 1.47 bits per heavy atom. The zero-order valence-electron chi connectivity index (χ0n) is 12.7. The molecule has 0 bridgehead atoms. The van der Waals surface area contributed by atoms with Gasteiger partial charge in [0.2, 0.25) is 5.89 Å². The highest BCUT2D eigenvalue weighted by atomic mass is 16.4. The molecule has 1 N–H and O–H groups in total. The van der Waals surface area contributed by atoms with Gasteiger partial charge in [-0.15, -0.1) is 0 Å². The molecule has 4 heteroatoms. The Bertz CT molecular complexity index is 383. The molecule has 0 radical (unpaired) electrons. The maximum Gasteiger partial charge on any atom is 0.208 e. The van der Waals surface area contributed by atoms with Crippen molar-refractivity contribution >= 4 is 0 Å². The van der Waals surface area contributed by atoms with Crippen LogP contribution >= 0.6 is 0 Å². The molecule has 1 aromatic rings. The molecule has 1 aromatic heterocycles. The number of rotatable bonds is 5. The molecule has 1 aliphatic rings. The van der Waals surface area contributed by atoms with Crippen molar-refractivity contribution in [3.8, 4) is 0 Å². The molecule has 2 heterocycles. The van der Waals surface area contributed by atoms with Crippen LogP contribution in [-0.2, 0) is 6.54 Å². The molecule has 2 atom stereocenters. The molecule has 1 fully saturated rings. The van der Waals surface area contributed by atoms with Crippen LogP contribution in [0.4, 0.5) is 0 Å². The van der Waals surface area contributed by atoms with E-state index in [0.29, 0.717) is 6.04 Å². The average Bonchev–Trinajstić information content (AvgIpc) is 2.75. The molecule has 0 amide bonds. The number of aryl methyl sites for hydroxylation is 2. The number of piperidine rings is 1. The zero-order valence-corrected chi connectivity index (χ0v) is 12.7. The monoisotopic (exact) mass is 265 g/mol. The molecule has 1 saturated heterocycles. The molecule has 0 saturated carbocycles. The summed E-state index contributed by atoms with van der Waals surface area (Å²) >= 11 is 0. The summed E-state index contributed by atoms with van der Waals surface area (Å²) in [6.07, 6.45) is 2.65. The van der Waals surface area contributed by atoms with E-state index in [2.05, 4.69) is 29.0 Å². The number of hydrogen-bond acceptors (Lipinski definition) is 4. The van der Waals surface area contributed by atoms with Crippen molar-refractivity contribution in [2.45, 2.75) is 53.1 Å². The number of hydrogen-bond donors (Lipinski definition) is 1. The Kier molecular flexibility index (Phi) is 4.99. The fraction of sp³-hybridized carbons (Fsp3) is 0.800. The van der Waals surface area contributed by atoms with Gasteiger partial charge in [-0.1, -0.05) is 6.92 Å². The molecular weight excluding hydrogens is 238 g/mol. The third kappa shape index (κ3) is 3.80. The van der Waals surface area contributed by atoms with Crippen molar-refractivity contribution in [2.24, 2.45) is 5.92 Å². The van der Waals surface area contributed by atoms with Crippen LogP contribution in [0, 0.1) is 19.8 Å². The van der Waals surface area contributed by atoms with Crippen LogP contribution in [0.5, 0.6) is 0 Å². The second kappa shape index (κ2) is 6.53. The summed E-state index contributed by atoms with van der Waals surface area (Å²) in [5.74, 6) is 2.48. The molecule has 4 nitrogen and oxygen atoms in total. The second-order valence-corrected chi connectivity index (χ2v) is 5.71. The first kappa shape index (κ1) is 14.5. The normalized spacial score (nSPS) is 22.6. The van der Waals surface area contributed by atoms with Gasteiger partial charge in [-0.3, -0.25) is 0 Å². The van der Waals surface area contributed by atoms with Gasteiger partial charge in [0.25, 0.3) is 0 Å². The van der Waals surface area contributed by atoms with E-state index in [9.17, 15) is 0 Å². The molecule has 0 aromatic carbocycles. The van der Waals surface area contributed by atoms with Gasteiger partial charge in [0.1, 0.15) is 5.76 Å². The standard InChI is InChI=1S/C15H27N3O/c1-5-18-8-6-7-14(10-18)12(3)16-9-15-17-11(2)13(4)19-15/h12,14,16H,5-10H2,1-4H3. The highest BCUT2D eigenvalue weighted by Crippen LogP contribution is 2.19. The summed E-state index contributed by atoms with van der Waals surface area (Å²) in [4.78, 5) is 6.97. The molecule has 1 aliphatic heterocycles. The molecule has 2 unspecified atom stereocenters. The first-order valence-corrected chi connectivity index (χ1v) is 7.48. The van der Waals surface area contributed by atoms with E-state index in [-0.39, 0.29) is 0 Å². The quantitative estimate of drug-likeness (QED) is 0.888. The average molecular weight is 265 g/mol. The van der Waals surface area contributed by atoms with Crippen molar-refractivity contribution < 1.29 is 4.42 Å². The first-order chi connectivity index (χ1) is 9.10. The Morgan fingerprint density at radius 3 is 2.89 bits per heavy atom. The van der Waals surface area contributed by atoms with Crippen molar-refractivity contribution in [2.75, 3.05) is 19.6 Å². The van der Waals surface area contributed by atoms with Gasteiger partial charge in [-0.2, -0.15) is 0 Å². The van der Waals surface area contributed by atoms with Gasteiger partial charge in [0, 0.05) is 12.6 Å². The minimum absolute atomic E-state index is 0.516. The lowest BCUT2D eigenvalue weighted by atomic mass is 9.91. The maximum absolute atomic E-state index is 5.61. The Balaban J connectivity index is 1.81. The molecule has 19 heavy (non-hydrogen) atoms. The summed E-state index contributed by atoms with van der Waals surface area (Å²) in [6.45, 7) is 12.9. The van der Waals surface area contributed by atoms with Crippen LogP contribution in [0.15, 0.2) is 4.42 Å². The fourth-order valence-corrected chi connectivity index (χ4v) is 2.82. The minimum atomic E-state index is 0.516. The van der Waals surface area contributed by atoms with E-state index in [0.717, 1.165) is 29.8 Å². The van der Waals surface area contributed by atoms with Gasteiger partial charge in [-0.05, 0) is 52.6 Å². The lowest BCUT2D eigenvalue weighted by Crippen LogP contribution is -2.44. The third-order valence-electron chi connectivity index (χ3n) is 4.34. The van der Waals surface area contributed by atoms with Gasteiger partial charge in [0.05, 0.1) is 12.2 Å². The maximum atomic E-state index is 5.61. The van der Waals surface area contributed by atoms with Crippen LogP contribution < -0.4 is 5.32 Å². The highest BCUT2D eigenvalue weighted by molar-refractivity contribution is 5.05. The van der Waals surface area contributed by atoms with E-state index >= 15 is 0 Å². The van der Waals surface area contributed by atoms with Crippen LogP contribution in [0.25, 0.3) is 0 Å². The largest absolute Gasteiger partial charge is 0.444 e. The van der Waals surface area contributed by atoms with E-state index in [1.165, 1.54) is 32.5 Å². The summed E-state index contributed by atoms with van der Waals surface area (Å²) < 4.78 is 5.61. The molecule has 2 rings (SSSR count). The highest BCUT2D eigenvalue weighted by Gasteiger charge is 2.23. The van der Waals surface area contributed by atoms with E-state index in [1.54, 1.807) is 0 Å². The minimum Gasteiger partial charge on any atom is -0.444 e. The lowest BCUT2D eigenvalue weighted by Gasteiger charge is -2.35. The Labute approximate surface area is 116 Å². The smallest absolute Gasteiger partial charge is 0.208 e. The van der Waals surface area contributed by atoms with Gasteiger partial charge < -0.3 is 14.6 Å². The molecule has 108 valence electrons. The number of oxazole rings is 1. The van der Waals surface area contributed by atoms with E-state index < -0.39 is 0 Å². The van der Waals surface area contributed by atoms with Crippen molar-refractivity contribution in [3.05, 3.63) is 17.3 Å². The Morgan fingerprint density at radius 2 is 2.26 bits per heavy atom. The summed E-state index contributed by atoms with van der Waals surface area (Å²) in [5.41, 5.74) is 0.999. The predicted octanol–water partition coefficient (Wildman–Crippen LogP) is 2.50.